The van der Waals surface area contributed by atoms with Gasteiger partial charge in [-0.3, -0.25) is 9.55 Å². The van der Waals surface area contributed by atoms with Gasteiger partial charge in [-0.15, -0.1) is 0 Å². The average molecular weight is 489 g/mol. The van der Waals surface area contributed by atoms with Gasteiger partial charge in [-0.25, -0.2) is 4.98 Å². The second-order valence-electron chi connectivity index (χ2n) is 11.2. The zero-order chi connectivity index (χ0) is 25.0. The van der Waals surface area contributed by atoms with E-state index in [1.807, 2.05) is 23.2 Å². The smallest absolute Gasteiger partial charge is 0.256 e. The minimum Gasteiger partial charge on any atom is -0.380 e. The Balaban J connectivity index is 1.43. The van der Waals surface area contributed by atoms with Gasteiger partial charge in [0.05, 0.1) is 24.8 Å². The highest BCUT2D eigenvalue weighted by Gasteiger charge is 2.55. The van der Waals surface area contributed by atoms with E-state index in [1.165, 1.54) is 18.4 Å². The molecular weight excluding hydrogens is 452 g/mol. The fourth-order valence-corrected chi connectivity index (χ4v) is 6.41. The van der Waals surface area contributed by atoms with Crippen molar-refractivity contribution in [1.82, 2.24) is 19.4 Å². The van der Waals surface area contributed by atoms with E-state index in [4.69, 9.17) is 9.47 Å². The van der Waals surface area contributed by atoms with E-state index >= 15 is 0 Å². The molecule has 1 saturated carbocycles. The zero-order valence-corrected chi connectivity index (χ0v) is 21.5. The summed E-state index contributed by atoms with van der Waals surface area (Å²) in [6.45, 7) is 4.42. The number of nitrogens with zero attached hydrogens (tertiary/aromatic N) is 4. The Bertz CT molecular complexity index is 1220. The van der Waals surface area contributed by atoms with Crippen molar-refractivity contribution in [3.63, 3.8) is 0 Å². The molecule has 4 heterocycles. The number of likely N-dealkylation sites (tertiary alicyclic amines) is 1. The lowest BCUT2D eigenvalue weighted by atomic mass is 9.62. The van der Waals surface area contributed by atoms with E-state index in [-0.39, 0.29) is 5.41 Å². The second kappa shape index (κ2) is 8.77. The predicted molar refractivity (Wildman–Crippen MR) is 137 cm³/mol. The van der Waals surface area contributed by atoms with Crippen LogP contribution in [0.1, 0.15) is 61.6 Å². The molecule has 1 unspecified atom stereocenters. The molecule has 3 aliphatic rings. The summed E-state index contributed by atoms with van der Waals surface area (Å²) in [5, 5.41) is 12.6. The Kier molecular flexibility index (Phi) is 5.80. The Morgan fingerprint density at radius 1 is 1.06 bits per heavy atom. The Labute approximate surface area is 213 Å². The molecule has 2 aromatic heterocycles. The van der Waals surface area contributed by atoms with Crippen molar-refractivity contribution in [2.75, 3.05) is 33.9 Å². The highest BCUT2D eigenvalue weighted by atomic mass is 16.7. The van der Waals surface area contributed by atoms with Crippen LogP contribution >= 0.6 is 0 Å². The first-order chi connectivity index (χ1) is 17.4. The quantitative estimate of drug-likeness (QED) is 0.529. The van der Waals surface area contributed by atoms with E-state index in [0.717, 1.165) is 54.7 Å². The van der Waals surface area contributed by atoms with Gasteiger partial charge in [-0.05, 0) is 55.8 Å². The summed E-state index contributed by atoms with van der Waals surface area (Å²) >= 11 is 0. The number of benzene rings is 1. The SMILES string of the molecule is COC1(n2cncc2-c2cncc([C@@](O)(c3ccc(C4CC4)cc3)C3(C)CN(C)C3)c2)CCCCO1. The Hall–Kier alpha value is -2.58. The highest BCUT2D eigenvalue weighted by Crippen LogP contribution is 2.51. The van der Waals surface area contributed by atoms with Gasteiger partial charge in [0.1, 0.15) is 5.60 Å². The normalized spacial score (nSPS) is 25.8. The summed E-state index contributed by atoms with van der Waals surface area (Å²) < 4.78 is 14.0. The van der Waals surface area contributed by atoms with Crippen LogP contribution < -0.4 is 0 Å². The van der Waals surface area contributed by atoms with Gasteiger partial charge in [-0.1, -0.05) is 31.2 Å². The molecule has 2 aliphatic heterocycles. The molecule has 1 aliphatic carbocycles. The molecule has 0 amide bonds. The van der Waals surface area contributed by atoms with Gasteiger partial charge in [0.15, 0.2) is 0 Å². The fourth-order valence-electron chi connectivity index (χ4n) is 6.41. The van der Waals surface area contributed by atoms with Crippen molar-refractivity contribution in [1.29, 1.82) is 0 Å². The van der Waals surface area contributed by atoms with Crippen LogP contribution in [-0.2, 0) is 21.0 Å². The molecule has 0 spiro atoms. The van der Waals surface area contributed by atoms with Crippen LogP contribution in [0.2, 0.25) is 0 Å². The monoisotopic (exact) mass is 488 g/mol. The van der Waals surface area contributed by atoms with Crippen LogP contribution in [0.4, 0.5) is 0 Å². The standard InChI is InChI=1S/C29H36N4O3/c1-27(18-32(2)19-27)29(34,24-10-8-22(9-11-24)21-6-7-21)25-14-23(15-30-16-25)26-17-31-20-33(26)28(35-3)12-4-5-13-36-28/h8-11,14-17,20-21,34H,4-7,12-13,18-19H2,1-3H3/t28?,29-/m0/s1. The minimum absolute atomic E-state index is 0.344. The highest BCUT2D eigenvalue weighted by molar-refractivity contribution is 5.60. The van der Waals surface area contributed by atoms with E-state index in [9.17, 15) is 5.11 Å². The Morgan fingerprint density at radius 2 is 1.83 bits per heavy atom. The predicted octanol–water partition coefficient (Wildman–Crippen LogP) is 4.47. The van der Waals surface area contributed by atoms with Crippen molar-refractivity contribution in [2.45, 2.75) is 56.5 Å². The van der Waals surface area contributed by atoms with Crippen LogP contribution in [0.3, 0.4) is 0 Å². The Morgan fingerprint density at radius 3 is 2.47 bits per heavy atom. The van der Waals surface area contributed by atoms with Crippen molar-refractivity contribution in [3.05, 3.63) is 71.9 Å². The number of aromatic nitrogens is 3. The van der Waals surface area contributed by atoms with Crippen LogP contribution in [0.15, 0.2) is 55.2 Å². The fraction of sp³-hybridized carbons (Fsp3) is 0.517. The number of rotatable bonds is 7. The van der Waals surface area contributed by atoms with Crippen LogP contribution in [0.25, 0.3) is 11.3 Å². The van der Waals surface area contributed by atoms with E-state index in [0.29, 0.717) is 12.5 Å². The molecule has 7 nitrogen and oxygen atoms in total. The molecule has 1 aromatic carbocycles. The number of imidazole rings is 1. The summed E-state index contributed by atoms with van der Waals surface area (Å²) in [6.07, 6.45) is 12.5. The third kappa shape index (κ3) is 3.72. The van der Waals surface area contributed by atoms with Crippen LogP contribution in [-0.4, -0.2) is 58.4 Å². The first-order valence-corrected chi connectivity index (χ1v) is 13.1. The molecule has 7 heteroatoms. The summed E-state index contributed by atoms with van der Waals surface area (Å²) in [7, 11) is 3.78. The average Bonchev–Trinajstić information content (AvgIpc) is 3.63. The molecule has 190 valence electrons. The number of ether oxygens (including phenoxy) is 2. The molecule has 0 radical (unpaired) electrons. The van der Waals surface area contributed by atoms with Gasteiger partial charge in [-0.2, -0.15) is 0 Å². The third-order valence-electron chi connectivity index (χ3n) is 8.48. The zero-order valence-electron chi connectivity index (χ0n) is 21.5. The lowest BCUT2D eigenvalue weighted by molar-refractivity contribution is -0.298. The molecule has 6 rings (SSSR count). The van der Waals surface area contributed by atoms with Crippen molar-refractivity contribution in [2.24, 2.45) is 5.41 Å². The number of aliphatic hydroxyl groups is 1. The van der Waals surface area contributed by atoms with Crippen LogP contribution in [0, 0.1) is 5.41 Å². The maximum atomic E-state index is 12.6. The minimum atomic E-state index is -1.18. The largest absolute Gasteiger partial charge is 0.380 e. The first-order valence-electron chi connectivity index (χ1n) is 13.1. The van der Waals surface area contributed by atoms with E-state index in [1.54, 1.807) is 13.4 Å². The van der Waals surface area contributed by atoms with Crippen LogP contribution in [0.5, 0.6) is 0 Å². The number of methoxy groups -OCH3 is 1. The lowest BCUT2D eigenvalue weighted by Crippen LogP contribution is -2.63. The molecular formula is C29H36N4O3. The van der Waals surface area contributed by atoms with Gasteiger partial charge >= 0.3 is 0 Å². The summed E-state index contributed by atoms with van der Waals surface area (Å²) in [4.78, 5) is 11.3. The maximum Gasteiger partial charge on any atom is 0.256 e. The van der Waals surface area contributed by atoms with Crippen molar-refractivity contribution < 1.29 is 14.6 Å². The molecule has 2 saturated heterocycles. The van der Waals surface area contributed by atoms with Crippen molar-refractivity contribution in [3.8, 4) is 11.3 Å². The van der Waals surface area contributed by atoms with Gasteiger partial charge in [0.2, 0.25) is 0 Å². The van der Waals surface area contributed by atoms with Gasteiger partial charge in [0, 0.05) is 55.6 Å². The van der Waals surface area contributed by atoms with E-state index in [2.05, 4.69) is 59.2 Å². The summed E-state index contributed by atoms with van der Waals surface area (Å²) in [5.41, 5.74) is 3.28. The second-order valence-corrected chi connectivity index (χ2v) is 11.2. The number of hydrogen-bond donors (Lipinski definition) is 1. The molecule has 36 heavy (non-hydrogen) atoms. The summed E-state index contributed by atoms with van der Waals surface area (Å²) in [6, 6.07) is 10.7. The molecule has 3 aromatic rings. The lowest BCUT2D eigenvalue weighted by Gasteiger charge is -2.55. The first kappa shape index (κ1) is 23.8. The third-order valence-corrected chi connectivity index (χ3v) is 8.48. The molecule has 1 N–H and O–H groups in total. The summed E-state index contributed by atoms with van der Waals surface area (Å²) in [5.74, 6) is -0.199. The molecule has 0 bridgehead atoms. The van der Waals surface area contributed by atoms with Crippen molar-refractivity contribution >= 4 is 0 Å². The van der Waals surface area contributed by atoms with Gasteiger partial charge in [0.25, 0.3) is 5.91 Å². The topological polar surface area (TPSA) is 72.6 Å². The van der Waals surface area contributed by atoms with E-state index < -0.39 is 11.5 Å². The molecule has 2 atom stereocenters. The maximum absolute atomic E-state index is 12.6. The number of pyridine rings is 1. The number of hydrogen-bond acceptors (Lipinski definition) is 6. The van der Waals surface area contributed by atoms with Gasteiger partial charge < -0.3 is 19.5 Å². The molecule has 3 fully saturated rings.